The van der Waals surface area contributed by atoms with E-state index in [0.717, 1.165) is 11.6 Å². The third kappa shape index (κ3) is 3.84. The Morgan fingerprint density at radius 2 is 1.95 bits per heavy atom. The molecule has 114 valence electrons. The largest absolute Gasteiger partial charge is 0.416 e. The molecule has 0 spiro atoms. The minimum Gasteiger partial charge on any atom is -0.329 e. The molecule has 2 N–H and O–H groups in total. The first-order chi connectivity index (χ1) is 9.93. The number of likely N-dealkylation sites (N-methyl/N-ethyl adjacent to an activating group) is 1. The second-order valence-electron chi connectivity index (χ2n) is 4.88. The van der Waals surface area contributed by atoms with Gasteiger partial charge in [0, 0.05) is 19.1 Å². The Bertz CT molecular complexity index is 567. The molecule has 0 saturated heterocycles. The van der Waals surface area contributed by atoms with Gasteiger partial charge in [-0.1, -0.05) is 18.2 Å². The van der Waals surface area contributed by atoms with Crippen LogP contribution in [0.4, 0.5) is 13.2 Å². The monoisotopic (exact) mass is 314 g/mol. The van der Waals surface area contributed by atoms with Gasteiger partial charge in [-0.2, -0.15) is 24.5 Å². The Labute approximate surface area is 126 Å². The number of benzene rings is 1. The van der Waals surface area contributed by atoms with Crippen molar-refractivity contribution < 1.29 is 13.2 Å². The second kappa shape index (κ2) is 6.60. The molecule has 1 aromatic heterocycles. The zero-order chi connectivity index (χ0) is 15.5. The quantitative estimate of drug-likeness (QED) is 0.907. The smallest absolute Gasteiger partial charge is 0.329 e. The van der Waals surface area contributed by atoms with Crippen molar-refractivity contribution in [3.05, 3.63) is 57.8 Å². The molecule has 1 aromatic carbocycles. The van der Waals surface area contributed by atoms with Gasteiger partial charge in [0.2, 0.25) is 0 Å². The Morgan fingerprint density at radius 3 is 2.52 bits per heavy atom. The van der Waals surface area contributed by atoms with E-state index in [1.54, 1.807) is 24.5 Å². The van der Waals surface area contributed by atoms with Crippen LogP contribution in [0.25, 0.3) is 0 Å². The summed E-state index contributed by atoms with van der Waals surface area (Å²) in [7, 11) is 1.79. The van der Waals surface area contributed by atoms with Gasteiger partial charge in [-0.15, -0.1) is 0 Å². The Kier molecular flexibility index (Phi) is 5.03. The van der Waals surface area contributed by atoms with Crippen molar-refractivity contribution in [2.75, 3.05) is 13.6 Å². The van der Waals surface area contributed by atoms with Crippen molar-refractivity contribution in [1.82, 2.24) is 4.90 Å². The molecule has 0 radical (unpaired) electrons. The van der Waals surface area contributed by atoms with Gasteiger partial charge in [0.1, 0.15) is 0 Å². The van der Waals surface area contributed by atoms with Crippen LogP contribution in [0.3, 0.4) is 0 Å². The van der Waals surface area contributed by atoms with E-state index in [0.29, 0.717) is 6.54 Å². The van der Waals surface area contributed by atoms with Crippen LogP contribution >= 0.6 is 11.3 Å². The lowest BCUT2D eigenvalue weighted by Crippen LogP contribution is -2.31. The highest BCUT2D eigenvalue weighted by Crippen LogP contribution is 2.36. The summed E-state index contributed by atoms with van der Waals surface area (Å²) >= 11 is 1.57. The Hall–Kier alpha value is -1.37. The van der Waals surface area contributed by atoms with Crippen molar-refractivity contribution in [3.63, 3.8) is 0 Å². The van der Waals surface area contributed by atoms with Crippen LogP contribution in [0.15, 0.2) is 41.1 Å². The predicted molar refractivity (Wildman–Crippen MR) is 79.0 cm³/mol. The SMILES string of the molecule is CN(Cc1ccsc1)C(CN)c1ccccc1C(F)(F)F. The zero-order valence-corrected chi connectivity index (χ0v) is 12.4. The molecule has 1 heterocycles. The molecule has 2 aromatic rings. The summed E-state index contributed by atoms with van der Waals surface area (Å²) in [6, 6.07) is 7.12. The molecule has 2 rings (SSSR count). The molecule has 6 heteroatoms. The average Bonchev–Trinajstić information content (AvgIpc) is 2.92. The van der Waals surface area contributed by atoms with Crippen molar-refractivity contribution in [3.8, 4) is 0 Å². The van der Waals surface area contributed by atoms with Gasteiger partial charge in [0.05, 0.1) is 5.56 Å². The molecule has 0 saturated carbocycles. The lowest BCUT2D eigenvalue weighted by molar-refractivity contribution is -0.138. The van der Waals surface area contributed by atoms with Crippen LogP contribution in [0.2, 0.25) is 0 Å². The Morgan fingerprint density at radius 1 is 1.24 bits per heavy atom. The molecule has 0 fully saturated rings. The van der Waals surface area contributed by atoms with Crippen LogP contribution in [-0.2, 0) is 12.7 Å². The van der Waals surface area contributed by atoms with E-state index in [9.17, 15) is 13.2 Å². The highest BCUT2D eigenvalue weighted by atomic mass is 32.1. The van der Waals surface area contributed by atoms with Gasteiger partial charge in [0.25, 0.3) is 0 Å². The first-order valence-electron chi connectivity index (χ1n) is 6.51. The van der Waals surface area contributed by atoms with Crippen molar-refractivity contribution >= 4 is 11.3 Å². The molecule has 0 bridgehead atoms. The predicted octanol–water partition coefficient (Wildman–Crippen LogP) is 3.90. The van der Waals surface area contributed by atoms with E-state index in [2.05, 4.69) is 0 Å². The summed E-state index contributed by atoms with van der Waals surface area (Å²) in [5.74, 6) is 0. The number of hydrogen-bond donors (Lipinski definition) is 1. The standard InChI is InChI=1S/C15H17F3N2S/c1-20(9-11-6-7-21-10-11)14(8-19)12-4-2-3-5-13(12)15(16,17)18/h2-7,10,14H,8-9,19H2,1H3. The van der Waals surface area contributed by atoms with Crippen LogP contribution in [0.1, 0.15) is 22.7 Å². The third-order valence-corrected chi connectivity index (χ3v) is 4.12. The summed E-state index contributed by atoms with van der Waals surface area (Å²) in [6.07, 6.45) is -4.37. The van der Waals surface area contributed by atoms with Crippen LogP contribution in [0, 0.1) is 0 Å². The summed E-state index contributed by atoms with van der Waals surface area (Å²) in [6.45, 7) is 0.700. The van der Waals surface area contributed by atoms with E-state index >= 15 is 0 Å². The second-order valence-corrected chi connectivity index (χ2v) is 5.66. The molecular formula is C15H17F3N2S. The first kappa shape index (κ1) is 16.0. The van der Waals surface area contributed by atoms with E-state index in [1.807, 2.05) is 21.7 Å². The van der Waals surface area contributed by atoms with Gasteiger partial charge in [0.15, 0.2) is 0 Å². The van der Waals surface area contributed by atoms with Gasteiger partial charge in [-0.05, 0) is 41.1 Å². The number of nitrogens with zero attached hydrogens (tertiary/aromatic N) is 1. The topological polar surface area (TPSA) is 29.3 Å². The van der Waals surface area contributed by atoms with E-state index in [-0.39, 0.29) is 12.1 Å². The first-order valence-corrected chi connectivity index (χ1v) is 7.45. The fraction of sp³-hybridized carbons (Fsp3) is 0.333. The van der Waals surface area contributed by atoms with Gasteiger partial charge in [-0.3, -0.25) is 4.90 Å². The minimum absolute atomic E-state index is 0.133. The van der Waals surface area contributed by atoms with Crippen LogP contribution in [0.5, 0.6) is 0 Å². The molecule has 1 atom stereocenters. The molecular weight excluding hydrogens is 297 g/mol. The number of nitrogens with two attached hydrogens (primary N) is 1. The van der Waals surface area contributed by atoms with Gasteiger partial charge < -0.3 is 5.73 Å². The summed E-state index contributed by atoms with van der Waals surface area (Å²) < 4.78 is 39.4. The molecule has 0 aliphatic carbocycles. The normalized spacial score (nSPS) is 13.6. The maximum atomic E-state index is 13.1. The van der Waals surface area contributed by atoms with Crippen molar-refractivity contribution in [2.24, 2.45) is 5.73 Å². The maximum Gasteiger partial charge on any atom is 0.416 e. The van der Waals surface area contributed by atoms with Crippen LogP contribution in [-0.4, -0.2) is 18.5 Å². The highest BCUT2D eigenvalue weighted by molar-refractivity contribution is 7.07. The minimum atomic E-state index is -4.37. The molecule has 21 heavy (non-hydrogen) atoms. The van der Waals surface area contributed by atoms with Crippen LogP contribution < -0.4 is 5.73 Å². The number of thiophene rings is 1. The lowest BCUT2D eigenvalue weighted by Gasteiger charge is -2.29. The number of rotatable bonds is 5. The van der Waals surface area contributed by atoms with E-state index in [4.69, 9.17) is 5.73 Å². The molecule has 0 aliphatic rings. The Balaban J connectivity index is 2.29. The molecule has 1 unspecified atom stereocenters. The summed E-state index contributed by atoms with van der Waals surface area (Å²) in [5, 5.41) is 3.93. The lowest BCUT2D eigenvalue weighted by atomic mass is 9.98. The highest BCUT2D eigenvalue weighted by Gasteiger charge is 2.35. The fourth-order valence-corrected chi connectivity index (χ4v) is 3.03. The van der Waals surface area contributed by atoms with E-state index < -0.39 is 17.8 Å². The average molecular weight is 314 g/mol. The zero-order valence-electron chi connectivity index (χ0n) is 11.6. The number of halogens is 3. The molecule has 0 amide bonds. The third-order valence-electron chi connectivity index (χ3n) is 3.39. The fourth-order valence-electron chi connectivity index (χ4n) is 2.37. The van der Waals surface area contributed by atoms with Gasteiger partial charge >= 0.3 is 6.18 Å². The number of alkyl halides is 3. The molecule has 0 aliphatic heterocycles. The summed E-state index contributed by atoms with van der Waals surface area (Å²) in [5.41, 5.74) is 6.43. The van der Waals surface area contributed by atoms with Crippen molar-refractivity contribution in [2.45, 2.75) is 18.8 Å². The molecule has 2 nitrogen and oxygen atoms in total. The van der Waals surface area contributed by atoms with Crippen molar-refractivity contribution in [1.29, 1.82) is 0 Å². The van der Waals surface area contributed by atoms with Gasteiger partial charge in [-0.25, -0.2) is 0 Å². The number of hydrogen-bond acceptors (Lipinski definition) is 3. The van der Waals surface area contributed by atoms with E-state index in [1.165, 1.54) is 12.1 Å². The summed E-state index contributed by atoms with van der Waals surface area (Å²) in [4.78, 5) is 1.85. The maximum absolute atomic E-state index is 13.1.